The van der Waals surface area contributed by atoms with Gasteiger partial charge in [-0.3, -0.25) is 4.79 Å². The van der Waals surface area contributed by atoms with Crippen molar-refractivity contribution < 1.29 is 14.6 Å². The lowest BCUT2D eigenvalue weighted by Gasteiger charge is -2.14. The summed E-state index contributed by atoms with van der Waals surface area (Å²) in [6.07, 6.45) is -0.891. The Kier molecular flexibility index (Phi) is 5.81. The molecule has 0 spiro atoms. The van der Waals surface area contributed by atoms with Crippen LogP contribution in [0.15, 0.2) is 48.5 Å². The van der Waals surface area contributed by atoms with Crippen LogP contribution in [0.25, 0.3) is 0 Å². The minimum Gasteiger partial charge on any atom is -0.490 e. The van der Waals surface area contributed by atoms with E-state index >= 15 is 0 Å². The van der Waals surface area contributed by atoms with Gasteiger partial charge in [0, 0.05) is 0 Å². The molecular formula is C17H18ClNO3. The number of halogens is 1. The Bertz CT molecular complexity index is 631. The van der Waals surface area contributed by atoms with Crippen molar-refractivity contribution in [1.82, 2.24) is 0 Å². The molecule has 0 aliphatic rings. The predicted octanol–water partition coefficient (Wildman–Crippen LogP) is 3.80. The summed E-state index contributed by atoms with van der Waals surface area (Å²) < 4.78 is 5.45. The number of ether oxygens (including phenoxy) is 1. The lowest BCUT2D eigenvalue weighted by molar-refractivity contribution is -0.118. The monoisotopic (exact) mass is 319 g/mol. The molecule has 0 aliphatic heterocycles. The van der Waals surface area contributed by atoms with Gasteiger partial charge in [0.05, 0.1) is 29.8 Å². The molecule has 2 N–H and O–H groups in total. The molecule has 4 nitrogen and oxygen atoms in total. The highest BCUT2D eigenvalue weighted by molar-refractivity contribution is 6.32. The number of anilines is 1. The lowest BCUT2D eigenvalue weighted by Crippen LogP contribution is -2.16. The smallest absolute Gasteiger partial charge is 0.227 e. The summed E-state index contributed by atoms with van der Waals surface area (Å²) in [5.41, 5.74) is 1.20. The second kappa shape index (κ2) is 7.82. The van der Waals surface area contributed by atoms with E-state index in [1.807, 2.05) is 25.1 Å². The van der Waals surface area contributed by atoms with Crippen LogP contribution in [0.1, 0.15) is 25.0 Å². The molecule has 0 heterocycles. The van der Waals surface area contributed by atoms with Crippen molar-refractivity contribution in [2.45, 2.75) is 19.4 Å². The molecule has 1 atom stereocenters. The van der Waals surface area contributed by atoms with Gasteiger partial charge in [-0.05, 0) is 24.6 Å². The first-order chi connectivity index (χ1) is 10.6. The summed E-state index contributed by atoms with van der Waals surface area (Å²) in [6.45, 7) is 2.29. The normalized spacial score (nSPS) is 11.8. The fourth-order valence-corrected chi connectivity index (χ4v) is 2.30. The fraction of sp³-hybridized carbons (Fsp3) is 0.235. The number of aliphatic hydroxyl groups excluding tert-OH is 1. The summed E-state index contributed by atoms with van der Waals surface area (Å²) in [5, 5.41) is 13.2. The number of hydrogen-bond donors (Lipinski definition) is 2. The number of para-hydroxylation sites is 1. The standard InChI is InChI=1S/C17H18ClNO3/c1-2-22-17-13(18)9-6-10-14(17)19-16(21)11-15(20)12-7-4-3-5-8-12/h3-10,15,20H,2,11H2,1H3,(H,19,21). The number of hydrogen-bond acceptors (Lipinski definition) is 3. The van der Waals surface area contributed by atoms with Gasteiger partial charge in [0.25, 0.3) is 0 Å². The highest BCUT2D eigenvalue weighted by atomic mass is 35.5. The van der Waals surface area contributed by atoms with E-state index in [1.54, 1.807) is 30.3 Å². The number of amides is 1. The van der Waals surface area contributed by atoms with Crippen LogP contribution in [-0.4, -0.2) is 17.6 Å². The first kappa shape index (κ1) is 16.3. The zero-order valence-corrected chi connectivity index (χ0v) is 13.0. The van der Waals surface area contributed by atoms with Crippen molar-refractivity contribution in [3.63, 3.8) is 0 Å². The number of benzene rings is 2. The molecule has 0 bridgehead atoms. The second-order valence-corrected chi connectivity index (χ2v) is 5.14. The van der Waals surface area contributed by atoms with Crippen LogP contribution in [-0.2, 0) is 4.79 Å². The van der Waals surface area contributed by atoms with Gasteiger partial charge in [-0.15, -0.1) is 0 Å². The Labute approximate surface area is 134 Å². The quantitative estimate of drug-likeness (QED) is 0.851. The summed E-state index contributed by atoms with van der Waals surface area (Å²) in [4.78, 5) is 12.1. The van der Waals surface area contributed by atoms with Gasteiger partial charge in [-0.1, -0.05) is 48.0 Å². The largest absolute Gasteiger partial charge is 0.490 e. The van der Waals surface area contributed by atoms with Crippen molar-refractivity contribution in [3.8, 4) is 5.75 Å². The molecule has 0 saturated heterocycles. The maximum absolute atomic E-state index is 12.1. The molecule has 0 radical (unpaired) electrons. The van der Waals surface area contributed by atoms with Crippen molar-refractivity contribution >= 4 is 23.2 Å². The van der Waals surface area contributed by atoms with Crippen LogP contribution in [0, 0.1) is 0 Å². The topological polar surface area (TPSA) is 58.6 Å². The molecule has 0 fully saturated rings. The van der Waals surface area contributed by atoms with Gasteiger partial charge < -0.3 is 15.2 Å². The Morgan fingerprint density at radius 2 is 1.95 bits per heavy atom. The van der Waals surface area contributed by atoms with Crippen LogP contribution in [0.5, 0.6) is 5.75 Å². The van der Waals surface area contributed by atoms with E-state index in [2.05, 4.69) is 5.32 Å². The third-order valence-electron chi connectivity index (χ3n) is 3.09. The summed E-state index contributed by atoms with van der Waals surface area (Å²) in [6, 6.07) is 14.2. The van der Waals surface area contributed by atoms with Crippen LogP contribution in [0.3, 0.4) is 0 Å². The summed E-state index contributed by atoms with van der Waals surface area (Å²) in [7, 11) is 0. The van der Waals surface area contributed by atoms with E-state index in [4.69, 9.17) is 16.3 Å². The van der Waals surface area contributed by atoms with E-state index in [-0.39, 0.29) is 12.3 Å². The van der Waals surface area contributed by atoms with Crippen LogP contribution < -0.4 is 10.1 Å². The number of carbonyl (C=O) groups excluding carboxylic acids is 1. The second-order valence-electron chi connectivity index (χ2n) is 4.73. The first-order valence-electron chi connectivity index (χ1n) is 7.06. The maximum Gasteiger partial charge on any atom is 0.227 e. The molecule has 0 aromatic heterocycles. The Balaban J connectivity index is 2.05. The van der Waals surface area contributed by atoms with Gasteiger partial charge in [0.2, 0.25) is 5.91 Å². The number of rotatable bonds is 6. The van der Waals surface area contributed by atoms with Gasteiger partial charge in [-0.2, -0.15) is 0 Å². The van der Waals surface area contributed by atoms with E-state index < -0.39 is 6.10 Å². The zero-order valence-electron chi connectivity index (χ0n) is 12.3. The molecule has 116 valence electrons. The zero-order chi connectivity index (χ0) is 15.9. The SMILES string of the molecule is CCOc1c(Cl)cccc1NC(=O)CC(O)c1ccccc1. The predicted molar refractivity (Wildman–Crippen MR) is 87.3 cm³/mol. The minimum atomic E-state index is -0.851. The molecule has 2 aromatic carbocycles. The molecule has 22 heavy (non-hydrogen) atoms. The lowest BCUT2D eigenvalue weighted by atomic mass is 10.1. The van der Waals surface area contributed by atoms with Gasteiger partial charge in [0.1, 0.15) is 0 Å². The van der Waals surface area contributed by atoms with Crippen LogP contribution >= 0.6 is 11.6 Å². The first-order valence-corrected chi connectivity index (χ1v) is 7.43. The molecular weight excluding hydrogens is 302 g/mol. The Morgan fingerprint density at radius 3 is 2.64 bits per heavy atom. The van der Waals surface area contributed by atoms with Gasteiger partial charge in [0.15, 0.2) is 5.75 Å². The molecule has 2 aromatic rings. The minimum absolute atomic E-state index is 0.0396. The van der Waals surface area contributed by atoms with E-state index in [0.29, 0.717) is 28.6 Å². The highest BCUT2D eigenvalue weighted by Gasteiger charge is 2.15. The number of nitrogens with one attached hydrogen (secondary N) is 1. The third-order valence-corrected chi connectivity index (χ3v) is 3.39. The number of carbonyl (C=O) groups is 1. The molecule has 0 saturated carbocycles. The van der Waals surface area contributed by atoms with Gasteiger partial charge >= 0.3 is 0 Å². The fourth-order valence-electron chi connectivity index (χ4n) is 2.07. The van der Waals surface area contributed by atoms with Crippen LogP contribution in [0.4, 0.5) is 5.69 Å². The summed E-state index contributed by atoms with van der Waals surface area (Å²) in [5.74, 6) is 0.133. The van der Waals surface area contributed by atoms with Crippen molar-refractivity contribution in [2.75, 3.05) is 11.9 Å². The summed E-state index contributed by atoms with van der Waals surface area (Å²) >= 11 is 6.07. The van der Waals surface area contributed by atoms with E-state index in [1.165, 1.54) is 0 Å². The molecule has 5 heteroatoms. The van der Waals surface area contributed by atoms with Gasteiger partial charge in [-0.25, -0.2) is 0 Å². The molecule has 1 amide bonds. The Hall–Kier alpha value is -2.04. The van der Waals surface area contributed by atoms with E-state index in [0.717, 1.165) is 0 Å². The Morgan fingerprint density at radius 1 is 1.23 bits per heavy atom. The molecule has 2 rings (SSSR count). The molecule has 1 unspecified atom stereocenters. The maximum atomic E-state index is 12.1. The average Bonchev–Trinajstić information content (AvgIpc) is 2.51. The van der Waals surface area contributed by atoms with Crippen LogP contribution in [0.2, 0.25) is 5.02 Å². The number of aliphatic hydroxyl groups is 1. The van der Waals surface area contributed by atoms with Crippen molar-refractivity contribution in [1.29, 1.82) is 0 Å². The molecule has 0 aliphatic carbocycles. The highest BCUT2D eigenvalue weighted by Crippen LogP contribution is 2.33. The van der Waals surface area contributed by atoms with Crippen molar-refractivity contribution in [2.24, 2.45) is 0 Å². The van der Waals surface area contributed by atoms with Crippen molar-refractivity contribution in [3.05, 3.63) is 59.1 Å². The third kappa shape index (κ3) is 4.23. The van der Waals surface area contributed by atoms with E-state index in [9.17, 15) is 9.90 Å². The average molecular weight is 320 g/mol.